The number of phenolic OH excluding ortho intramolecular Hbond substituents is 1. The van der Waals surface area contributed by atoms with Gasteiger partial charge in [0.05, 0.1) is 12.2 Å². The summed E-state index contributed by atoms with van der Waals surface area (Å²) in [6, 6.07) is 41.6. The number of hydrogen-bond acceptors (Lipinski definition) is 7. The first kappa shape index (κ1) is 37.0. The van der Waals surface area contributed by atoms with Crippen LogP contribution in [0.1, 0.15) is 65.2 Å². The lowest BCUT2D eigenvalue weighted by Crippen LogP contribution is -2.29. The molecule has 7 heteroatoms. The van der Waals surface area contributed by atoms with E-state index in [1.54, 1.807) is 12.1 Å². The Morgan fingerprint density at radius 3 is 1.58 bits per heavy atom. The Morgan fingerprint density at radius 1 is 0.566 bits per heavy atom. The van der Waals surface area contributed by atoms with Gasteiger partial charge in [0.25, 0.3) is 0 Å². The molecule has 0 saturated carbocycles. The van der Waals surface area contributed by atoms with Crippen molar-refractivity contribution >= 4 is 5.97 Å². The average molecular weight is 706 g/mol. The number of esters is 1. The maximum atomic E-state index is 13.0. The molecule has 7 nitrogen and oxygen atoms in total. The minimum Gasteiger partial charge on any atom is -0.507 e. The van der Waals surface area contributed by atoms with Gasteiger partial charge >= 0.3 is 5.97 Å². The summed E-state index contributed by atoms with van der Waals surface area (Å²) in [6.45, 7) is 4.58. The molecular formula is C46H47N3O4. The van der Waals surface area contributed by atoms with Crippen molar-refractivity contribution in [1.29, 1.82) is 0 Å². The number of aromatic nitrogens is 3. The van der Waals surface area contributed by atoms with E-state index in [1.807, 2.05) is 67.6 Å². The molecule has 270 valence electrons. The largest absolute Gasteiger partial charge is 0.507 e. The monoisotopic (exact) mass is 705 g/mol. The van der Waals surface area contributed by atoms with Gasteiger partial charge in [-0.2, -0.15) is 0 Å². The van der Waals surface area contributed by atoms with Crippen molar-refractivity contribution in [2.24, 2.45) is 0 Å². The van der Waals surface area contributed by atoms with Gasteiger partial charge in [0.2, 0.25) is 0 Å². The lowest BCUT2D eigenvalue weighted by Gasteiger charge is -2.18. The zero-order chi connectivity index (χ0) is 36.8. The fraction of sp³-hybridized carbons (Fsp3) is 0.261. The molecule has 1 unspecified atom stereocenters. The van der Waals surface area contributed by atoms with Crippen molar-refractivity contribution in [1.82, 2.24) is 15.0 Å². The zero-order valence-corrected chi connectivity index (χ0v) is 30.6. The number of ether oxygens (including phenoxy) is 2. The average Bonchev–Trinajstić information content (AvgIpc) is 3.21. The van der Waals surface area contributed by atoms with Crippen molar-refractivity contribution in [3.63, 3.8) is 0 Å². The van der Waals surface area contributed by atoms with E-state index < -0.39 is 6.10 Å². The Labute approximate surface area is 312 Å². The first-order chi connectivity index (χ1) is 26.0. The highest BCUT2D eigenvalue weighted by atomic mass is 16.6. The fourth-order valence-corrected chi connectivity index (χ4v) is 6.21. The molecule has 0 aliphatic heterocycles. The van der Waals surface area contributed by atoms with Crippen LogP contribution in [0.5, 0.6) is 11.5 Å². The van der Waals surface area contributed by atoms with Crippen LogP contribution in [0.3, 0.4) is 0 Å². The molecule has 0 radical (unpaired) electrons. The van der Waals surface area contributed by atoms with Crippen LogP contribution < -0.4 is 4.74 Å². The lowest BCUT2D eigenvalue weighted by molar-refractivity contribution is -0.152. The van der Waals surface area contributed by atoms with Gasteiger partial charge in [-0.15, -0.1) is 0 Å². The van der Waals surface area contributed by atoms with Crippen molar-refractivity contribution in [2.75, 3.05) is 6.61 Å². The predicted molar refractivity (Wildman–Crippen MR) is 212 cm³/mol. The van der Waals surface area contributed by atoms with Gasteiger partial charge < -0.3 is 14.6 Å². The van der Waals surface area contributed by atoms with Crippen LogP contribution >= 0.6 is 0 Å². The van der Waals surface area contributed by atoms with Crippen molar-refractivity contribution in [3.05, 3.63) is 127 Å². The molecule has 1 heterocycles. The fourth-order valence-electron chi connectivity index (χ4n) is 6.21. The van der Waals surface area contributed by atoms with Gasteiger partial charge in [0.1, 0.15) is 11.5 Å². The summed E-state index contributed by atoms with van der Waals surface area (Å²) in [4.78, 5) is 27.5. The number of unbranched alkanes of at least 4 members (excludes halogenated alkanes) is 5. The van der Waals surface area contributed by atoms with Crippen LogP contribution in [0, 0.1) is 0 Å². The summed E-state index contributed by atoms with van der Waals surface area (Å²) >= 11 is 0. The van der Waals surface area contributed by atoms with Gasteiger partial charge in [0, 0.05) is 17.2 Å². The third-order valence-corrected chi connectivity index (χ3v) is 9.18. The Morgan fingerprint density at radius 2 is 1.06 bits per heavy atom. The number of carbonyl (C=O) groups excluding carboxylic acids is 1. The third kappa shape index (κ3) is 9.95. The molecule has 0 amide bonds. The molecule has 0 bridgehead atoms. The Kier molecular flexibility index (Phi) is 13.0. The molecule has 1 N–H and O–H groups in total. The molecule has 0 aliphatic rings. The Bertz CT molecular complexity index is 1950. The molecule has 5 aromatic carbocycles. The van der Waals surface area contributed by atoms with Crippen LogP contribution in [-0.2, 0) is 9.53 Å². The van der Waals surface area contributed by atoms with Crippen LogP contribution in [0.15, 0.2) is 127 Å². The summed E-state index contributed by atoms with van der Waals surface area (Å²) in [7, 11) is 0. The standard InChI is InChI=1S/C46H47N3O4/c1-3-5-6-7-8-15-31-52-46(51)42(16-4-2)53-39-29-30-40(41(50)32-39)45-48-43(37-25-21-35(22-26-37)33-17-11-9-12-18-33)47-44(49-45)38-27-23-36(24-28-38)34-19-13-10-14-20-34/h9-14,17-30,32,42,50H,3-8,15-16,31H2,1-2H3. The van der Waals surface area contributed by atoms with E-state index >= 15 is 0 Å². The number of nitrogens with zero attached hydrogens (tertiary/aromatic N) is 3. The minimum absolute atomic E-state index is 0.0693. The zero-order valence-electron chi connectivity index (χ0n) is 30.6. The predicted octanol–water partition coefficient (Wildman–Crippen LogP) is 11.4. The molecule has 6 aromatic rings. The van der Waals surface area contributed by atoms with Gasteiger partial charge in [-0.05, 0) is 47.2 Å². The summed E-state index contributed by atoms with van der Waals surface area (Å²) in [5.41, 5.74) is 6.46. The lowest BCUT2D eigenvalue weighted by atomic mass is 10.0. The van der Waals surface area contributed by atoms with Crippen LogP contribution in [0.25, 0.3) is 56.4 Å². The highest BCUT2D eigenvalue weighted by Gasteiger charge is 2.22. The second-order valence-corrected chi connectivity index (χ2v) is 13.2. The number of benzene rings is 5. The molecule has 1 aromatic heterocycles. The molecule has 53 heavy (non-hydrogen) atoms. The normalized spacial score (nSPS) is 11.6. The highest BCUT2D eigenvalue weighted by Crippen LogP contribution is 2.34. The van der Waals surface area contributed by atoms with Crippen LogP contribution in [0.2, 0.25) is 0 Å². The minimum atomic E-state index is -0.765. The van der Waals surface area contributed by atoms with E-state index in [0.29, 0.717) is 41.8 Å². The maximum Gasteiger partial charge on any atom is 0.347 e. The van der Waals surface area contributed by atoms with Crippen molar-refractivity contribution < 1.29 is 19.4 Å². The summed E-state index contributed by atoms with van der Waals surface area (Å²) in [5, 5.41) is 11.3. The number of aromatic hydroxyl groups is 1. The van der Waals surface area contributed by atoms with Gasteiger partial charge in [-0.25, -0.2) is 19.7 Å². The van der Waals surface area contributed by atoms with E-state index in [2.05, 4.69) is 55.5 Å². The second kappa shape index (κ2) is 18.6. The second-order valence-electron chi connectivity index (χ2n) is 13.2. The third-order valence-electron chi connectivity index (χ3n) is 9.18. The van der Waals surface area contributed by atoms with Crippen molar-refractivity contribution in [3.8, 4) is 67.9 Å². The van der Waals surface area contributed by atoms with Crippen LogP contribution in [-0.4, -0.2) is 38.7 Å². The van der Waals surface area contributed by atoms with Crippen LogP contribution in [0.4, 0.5) is 0 Å². The van der Waals surface area contributed by atoms with E-state index in [0.717, 1.165) is 59.1 Å². The molecule has 0 saturated heterocycles. The molecule has 0 spiro atoms. The smallest absolute Gasteiger partial charge is 0.347 e. The van der Waals surface area contributed by atoms with Gasteiger partial charge in [-0.3, -0.25) is 0 Å². The van der Waals surface area contributed by atoms with E-state index in [4.69, 9.17) is 24.4 Å². The van der Waals surface area contributed by atoms with E-state index in [-0.39, 0.29) is 11.7 Å². The molecular weight excluding hydrogens is 659 g/mol. The summed E-state index contributed by atoms with van der Waals surface area (Å²) in [5.74, 6) is 1.19. The SMILES string of the molecule is CCCCCCCCOC(=O)C(CCC)Oc1ccc(-c2nc(-c3ccc(-c4ccccc4)cc3)nc(-c3ccc(-c4ccccc4)cc3)n2)c(O)c1. The maximum absolute atomic E-state index is 13.0. The highest BCUT2D eigenvalue weighted by molar-refractivity contribution is 5.76. The molecule has 6 rings (SSSR count). The van der Waals surface area contributed by atoms with Crippen molar-refractivity contribution in [2.45, 2.75) is 71.3 Å². The number of hydrogen-bond donors (Lipinski definition) is 1. The number of phenols is 1. The first-order valence-corrected chi connectivity index (χ1v) is 18.8. The van der Waals surface area contributed by atoms with Gasteiger partial charge in [0.15, 0.2) is 23.6 Å². The molecule has 0 fully saturated rings. The topological polar surface area (TPSA) is 94.4 Å². The van der Waals surface area contributed by atoms with Gasteiger partial charge in [-0.1, -0.05) is 162 Å². The first-order valence-electron chi connectivity index (χ1n) is 18.8. The Balaban J connectivity index is 1.26. The molecule has 1 atom stereocenters. The van der Waals surface area contributed by atoms with E-state index in [9.17, 15) is 9.90 Å². The summed E-state index contributed by atoms with van der Waals surface area (Å²) < 4.78 is 11.7. The van der Waals surface area contributed by atoms with E-state index in [1.165, 1.54) is 25.3 Å². The Hall–Kier alpha value is -5.82. The quantitative estimate of drug-likeness (QED) is 0.0745. The summed E-state index contributed by atoms with van der Waals surface area (Å²) in [6.07, 6.45) is 7.17. The number of carbonyl (C=O) groups is 1. The number of rotatable bonds is 17. The molecule has 0 aliphatic carbocycles.